The van der Waals surface area contributed by atoms with Crippen LogP contribution in [-0.4, -0.2) is 26.9 Å². The maximum Gasteiger partial charge on any atom is 0.422 e. The van der Waals surface area contributed by atoms with E-state index >= 15 is 0 Å². The molecule has 0 aliphatic carbocycles. The first-order chi connectivity index (χ1) is 7.87. The van der Waals surface area contributed by atoms with Crippen molar-refractivity contribution in [3.05, 3.63) is 35.4 Å². The number of ether oxygens (including phenoxy) is 1. The van der Waals surface area contributed by atoms with Gasteiger partial charge in [-0.2, -0.15) is 13.2 Å². The van der Waals surface area contributed by atoms with E-state index in [1.807, 2.05) is 6.92 Å². The van der Waals surface area contributed by atoms with Crippen LogP contribution in [-0.2, 0) is 10.3 Å². The quantitative estimate of drug-likeness (QED) is 0.883. The zero-order valence-electron chi connectivity index (χ0n) is 10.1. The zero-order chi connectivity index (χ0) is 13.1. The van der Waals surface area contributed by atoms with Crippen molar-refractivity contribution in [1.29, 1.82) is 0 Å². The van der Waals surface area contributed by atoms with E-state index in [1.54, 1.807) is 12.1 Å². The molecule has 0 aliphatic heterocycles. The maximum atomic E-state index is 13.2. The maximum absolute atomic E-state index is 13.2. The summed E-state index contributed by atoms with van der Waals surface area (Å²) in [6.07, 6.45) is -4.47. The Balaban J connectivity index is 3.26. The van der Waals surface area contributed by atoms with Gasteiger partial charge in [0, 0.05) is 13.7 Å². The third kappa shape index (κ3) is 2.61. The molecule has 0 aromatic heterocycles. The van der Waals surface area contributed by atoms with Crippen LogP contribution in [0.15, 0.2) is 24.3 Å². The summed E-state index contributed by atoms with van der Waals surface area (Å²) in [5.41, 5.74) is -1.28. The number of rotatable bonds is 4. The predicted octanol–water partition coefficient (Wildman–Crippen LogP) is 2.62. The minimum Gasteiger partial charge on any atom is -0.363 e. The minimum atomic E-state index is -4.47. The highest BCUT2D eigenvalue weighted by molar-refractivity contribution is 5.28. The topological polar surface area (TPSA) is 21.3 Å². The number of alkyl halides is 3. The lowest BCUT2D eigenvalue weighted by Gasteiger charge is -2.34. The van der Waals surface area contributed by atoms with Gasteiger partial charge in [0.2, 0.25) is 5.60 Å². The van der Waals surface area contributed by atoms with Crippen molar-refractivity contribution < 1.29 is 17.9 Å². The molecule has 0 spiro atoms. The van der Waals surface area contributed by atoms with Crippen molar-refractivity contribution in [2.24, 2.45) is 0 Å². The predicted molar refractivity (Wildman–Crippen MR) is 59.8 cm³/mol. The summed E-state index contributed by atoms with van der Waals surface area (Å²) >= 11 is 0. The standard InChI is InChI=1S/C12H16F3NO/c1-9-4-6-10(7-5-9)11(17-3,8-16-2)12(13,14)15/h4-7,16H,8H2,1-3H3. The number of hydrogen-bond acceptors (Lipinski definition) is 2. The smallest absolute Gasteiger partial charge is 0.363 e. The van der Waals surface area contributed by atoms with Crippen molar-refractivity contribution in [1.82, 2.24) is 5.32 Å². The summed E-state index contributed by atoms with van der Waals surface area (Å²) in [4.78, 5) is 0. The molecule has 1 unspecified atom stereocenters. The molecular weight excluding hydrogens is 231 g/mol. The summed E-state index contributed by atoms with van der Waals surface area (Å²) in [7, 11) is 2.54. The van der Waals surface area contributed by atoms with Crippen molar-refractivity contribution in [3.63, 3.8) is 0 Å². The van der Waals surface area contributed by atoms with E-state index in [0.29, 0.717) is 0 Å². The summed E-state index contributed by atoms with van der Waals surface area (Å²) in [6, 6.07) is 6.18. The van der Waals surface area contributed by atoms with Crippen LogP contribution >= 0.6 is 0 Å². The Kier molecular flexibility index (Phi) is 4.16. The molecular formula is C12H16F3NO. The Morgan fingerprint density at radius 2 is 1.71 bits per heavy atom. The molecule has 5 heteroatoms. The van der Waals surface area contributed by atoms with Crippen molar-refractivity contribution in [3.8, 4) is 0 Å². The molecule has 0 fully saturated rings. The highest BCUT2D eigenvalue weighted by atomic mass is 19.4. The molecule has 1 rings (SSSR count). The second kappa shape index (κ2) is 5.06. The van der Waals surface area contributed by atoms with Crippen LogP contribution in [0.1, 0.15) is 11.1 Å². The molecule has 0 saturated heterocycles. The van der Waals surface area contributed by atoms with Crippen LogP contribution in [0.4, 0.5) is 13.2 Å². The van der Waals surface area contributed by atoms with Crippen LogP contribution in [0.3, 0.4) is 0 Å². The zero-order valence-corrected chi connectivity index (χ0v) is 10.1. The van der Waals surface area contributed by atoms with Crippen molar-refractivity contribution >= 4 is 0 Å². The lowest BCUT2D eigenvalue weighted by atomic mass is 9.92. The largest absolute Gasteiger partial charge is 0.422 e. The summed E-state index contributed by atoms with van der Waals surface area (Å²) in [5.74, 6) is 0. The molecule has 1 N–H and O–H groups in total. The first kappa shape index (κ1) is 14.0. The van der Waals surface area contributed by atoms with Gasteiger partial charge in [0.15, 0.2) is 0 Å². The van der Waals surface area contributed by atoms with Gasteiger partial charge in [-0.05, 0) is 19.5 Å². The Bertz CT molecular complexity index is 361. The van der Waals surface area contributed by atoms with Crippen LogP contribution in [0.2, 0.25) is 0 Å². The van der Waals surface area contributed by atoms with E-state index in [2.05, 4.69) is 5.32 Å². The Morgan fingerprint density at radius 3 is 2.06 bits per heavy atom. The Hall–Kier alpha value is -1.07. The molecule has 0 saturated carbocycles. The molecule has 0 bridgehead atoms. The SMILES string of the molecule is CNCC(OC)(c1ccc(C)cc1)C(F)(F)F. The number of nitrogens with one attached hydrogen (secondary N) is 1. The van der Waals surface area contributed by atoms with Gasteiger partial charge in [-0.15, -0.1) is 0 Å². The normalized spacial score (nSPS) is 15.6. The highest BCUT2D eigenvalue weighted by Gasteiger charge is 2.56. The van der Waals surface area contributed by atoms with Crippen molar-refractivity contribution in [2.75, 3.05) is 20.7 Å². The first-order valence-electron chi connectivity index (χ1n) is 5.21. The number of likely N-dealkylation sites (N-methyl/N-ethyl adjacent to an activating group) is 1. The number of hydrogen-bond donors (Lipinski definition) is 1. The molecule has 2 nitrogen and oxygen atoms in total. The molecule has 0 heterocycles. The third-order valence-corrected chi connectivity index (χ3v) is 2.75. The second-order valence-corrected chi connectivity index (χ2v) is 3.93. The van der Waals surface area contributed by atoms with E-state index in [0.717, 1.165) is 12.7 Å². The van der Waals surface area contributed by atoms with E-state index in [4.69, 9.17) is 4.74 Å². The highest BCUT2D eigenvalue weighted by Crippen LogP contribution is 2.41. The van der Waals surface area contributed by atoms with Crippen LogP contribution in [0, 0.1) is 6.92 Å². The van der Waals surface area contributed by atoms with Gasteiger partial charge in [0.05, 0.1) is 0 Å². The molecule has 0 radical (unpaired) electrons. The van der Waals surface area contributed by atoms with E-state index in [1.165, 1.54) is 19.2 Å². The van der Waals surface area contributed by atoms with E-state index in [-0.39, 0.29) is 12.1 Å². The lowest BCUT2D eigenvalue weighted by molar-refractivity contribution is -0.274. The molecule has 0 aliphatic rings. The second-order valence-electron chi connectivity index (χ2n) is 3.93. The van der Waals surface area contributed by atoms with Crippen LogP contribution < -0.4 is 5.32 Å². The fraction of sp³-hybridized carbons (Fsp3) is 0.500. The third-order valence-electron chi connectivity index (χ3n) is 2.75. The van der Waals surface area contributed by atoms with Gasteiger partial charge in [0.25, 0.3) is 0 Å². The molecule has 0 amide bonds. The van der Waals surface area contributed by atoms with Gasteiger partial charge < -0.3 is 10.1 Å². The molecule has 17 heavy (non-hydrogen) atoms. The fourth-order valence-corrected chi connectivity index (χ4v) is 1.74. The van der Waals surface area contributed by atoms with Gasteiger partial charge in [-0.3, -0.25) is 0 Å². The first-order valence-corrected chi connectivity index (χ1v) is 5.21. The molecule has 1 aromatic carbocycles. The van der Waals surface area contributed by atoms with E-state index in [9.17, 15) is 13.2 Å². The minimum absolute atomic E-state index is 0.104. The van der Waals surface area contributed by atoms with Crippen LogP contribution in [0.25, 0.3) is 0 Å². The molecule has 1 aromatic rings. The number of benzene rings is 1. The molecule has 96 valence electrons. The monoisotopic (exact) mass is 247 g/mol. The fourth-order valence-electron chi connectivity index (χ4n) is 1.74. The van der Waals surface area contributed by atoms with Gasteiger partial charge in [0.1, 0.15) is 0 Å². The Labute approximate surface area is 98.8 Å². The van der Waals surface area contributed by atoms with Gasteiger partial charge in [-0.1, -0.05) is 29.8 Å². The van der Waals surface area contributed by atoms with Crippen molar-refractivity contribution in [2.45, 2.75) is 18.7 Å². The average Bonchev–Trinajstić information content (AvgIpc) is 2.25. The lowest BCUT2D eigenvalue weighted by Crippen LogP contribution is -2.50. The van der Waals surface area contributed by atoms with Gasteiger partial charge in [-0.25, -0.2) is 0 Å². The number of halogens is 3. The average molecular weight is 247 g/mol. The summed E-state index contributed by atoms with van der Waals surface area (Å²) < 4.78 is 44.3. The van der Waals surface area contributed by atoms with E-state index < -0.39 is 11.8 Å². The molecule has 1 atom stereocenters. The summed E-state index contributed by atoms with van der Waals surface area (Å²) in [5, 5.41) is 2.53. The Morgan fingerprint density at radius 1 is 1.18 bits per heavy atom. The number of methoxy groups -OCH3 is 1. The van der Waals surface area contributed by atoms with Crippen LogP contribution in [0.5, 0.6) is 0 Å². The summed E-state index contributed by atoms with van der Waals surface area (Å²) in [6.45, 7) is 1.50. The number of aryl methyl sites for hydroxylation is 1. The van der Waals surface area contributed by atoms with Gasteiger partial charge >= 0.3 is 6.18 Å².